The third-order valence-corrected chi connectivity index (χ3v) is 7.94. The third kappa shape index (κ3) is 3.79. The van der Waals surface area contributed by atoms with Crippen LogP contribution in [0.5, 0.6) is 0 Å². The number of pyridine rings is 3. The van der Waals surface area contributed by atoms with Crippen LogP contribution >= 0.6 is 11.3 Å². The summed E-state index contributed by atoms with van der Waals surface area (Å²) in [5.41, 5.74) is 8.73. The maximum absolute atomic E-state index is 5.03. The van der Waals surface area contributed by atoms with Gasteiger partial charge >= 0.3 is 0 Å². The monoisotopic (exact) mass is 491 g/mol. The molecule has 0 spiro atoms. The van der Waals surface area contributed by atoms with E-state index in [2.05, 4.69) is 61.2 Å². The van der Waals surface area contributed by atoms with Gasteiger partial charge in [-0.3, -0.25) is 20.0 Å². The summed E-state index contributed by atoms with van der Waals surface area (Å²) < 4.78 is 0. The Labute approximate surface area is 212 Å². The number of nitrogens with zero attached hydrogens (tertiary/aromatic N) is 5. The lowest BCUT2D eigenvalue weighted by molar-refractivity contribution is 0.331. The van der Waals surface area contributed by atoms with E-state index in [9.17, 15) is 0 Å². The van der Waals surface area contributed by atoms with Crippen LogP contribution in [0.15, 0.2) is 61.2 Å². The molecule has 0 aromatic carbocycles. The molecular formula is C28H25N7S. The van der Waals surface area contributed by atoms with Crippen LogP contribution in [0, 0.1) is 6.92 Å². The Bertz CT molecular complexity index is 1700. The Hall–Kier alpha value is -3.88. The molecular weight excluding hydrogens is 466 g/mol. The van der Waals surface area contributed by atoms with Gasteiger partial charge in [0.15, 0.2) is 0 Å². The molecule has 6 aromatic rings. The first-order chi connectivity index (χ1) is 17.7. The fraction of sp³-hybridized carbons (Fsp3) is 0.214. The lowest BCUT2D eigenvalue weighted by Gasteiger charge is -2.14. The predicted molar refractivity (Wildman–Crippen MR) is 145 cm³/mol. The molecule has 1 saturated heterocycles. The first-order valence-electron chi connectivity index (χ1n) is 12.3. The number of hydrogen-bond donors (Lipinski definition) is 2. The summed E-state index contributed by atoms with van der Waals surface area (Å²) in [6, 6.07) is 12.8. The molecule has 1 aliphatic rings. The molecule has 7 nitrogen and oxygen atoms in total. The van der Waals surface area contributed by atoms with Gasteiger partial charge in [-0.2, -0.15) is 5.10 Å². The van der Waals surface area contributed by atoms with Crippen molar-refractivity contribution in [3.05, 3.63) is 71.6 Å². The third-order valence-electron chi connectivity index (χ3n) is 6.91. The van der Waals surface area contributed by atoms with Crippen molar-refractivity contribution in [2.24, 2.45) is 0 Å². The number of aryl methyl sites for hydroxylation is 1. The topological polar surface area (TPSA) is 86.4 Å². The number of rotatable bonds is 5. The smallest absolute Gasteiger partial charge is 0.135 e. The summed E-state index contributed by atoms with van der Waals surface area (Å²) in [6.45, 7) is 5.40. The molecule has 7 rings (SSSR count). The molecule has 36 heavy (non-hydrogen) atoms. The molecule has 0 aliphatic carbocycles. The maximum Gasteiger partial charge on any atom is 0.135 e. The molecule has 0 radical (unpaired) electrons. The molecule has 0 atom stereocenters. The van der Waals surface area contributed by atoms with Crippen molar-refractivity contribution in [2.75, 3.05) is 13.1 Å². The van der Waals surface area contributed by atoms with E-state index in [0.717, 1.165) is 56.7 Å². The van der Waals surface area contributed by atoms with Crippen molar-refractivity contribution in [1.82, 2.24) is 35.0 Å². The molecule has 0 saturated carbocycles. The van der Waals surface area contributed by atoms with E-state index >= 15 is 0 Å². The number of H-pyrrole nitrogens is 2. The van der Waals surface area contributed by atoms with Gasteiger partial charge in [0.05, 0.1) is 28.6 Å². The van der Waals surface area contributed by atoms with Crippen LogP contribution in [-0.2, 0) is 6.54 Å². The van der Waals surface area contributed by atoms with E-state index in [0.29, 0.717) is 0 Å². The minimum absolute atomic E-state index is 0.803. The van der Waals surface area contributed by atoms with E-state index in [1.54, 1.807) is 11.3 Å². The highest BCUT2D eigenvalue weighted by molar-refractivity contribution is 7.15. The molecule has 7 heterocycles. The second kappa shape index (κ2) is 8.65. The van der Waals surface area contributed by atoms with E-state index in [-0.39, 0.29) is 0 Å². The summed E-state index contributed by atoms with van der Waals surface area (Å²) in [5, 5.41) is 8.91. The van der Waals surface area contributed by atoms with Crippen LogP contribution in [0.3, 0.4) is 0 Å². The normalized spacial score (nSPS) is 14.4. The van der Waals surface area contributed by atoms with Crippen LogP contribution in [-0.4, -0.2) is 48.1 Å². The highest BCUT2D eigenvalue weighted by Gasteiger charge is 2.17. The fourth-order valence-electron chi connectivity index (χ4n) is 5.11. The van der Waals surface area contributed by atoms with Crippen LogP contribution in [0.25, 0.3) is 55.0 Å². The molecule has 1 aliphatic heterocycles. The number of thiophene rings is 1. The second-order valence-electron chi connectivity index (χ2n) is 9.47. The number of hydrogen-bond acceptors (Lipinski definition) is 6. The first kappa shape index (κ1) is 21.4. The largest absolute Gasteiger partial charge is 0.352 e. The van der Waals surface area contributed by atoms with Gasteiger partial charge in [-0.15, -0.1) is 11.3 Å². The van der Waals surface area contributed by atoms with E-state index in [4.69, 9.17) is 4.98 Å². The van der Waals surface area contributed by atoms with Crippen molar-refractivity contribution in [2.45, 2.75) is 26.3 Å². The Morgan fingerprint density at radius 3 is 2.69 bits per heavy atom. The van der Waals surface area contributed by atoms with Gasteiger partial charge in [0, 0.05) is 51.4 Å². The number of aromatic amines is 2. The minimum Gasteiger partial charge on any atom is -0.352 e. The fourth-order valence-corrected chi connectivity index (χ4v) is 6.01. The highest BCUT2D eigenvalue weighted by atomic mass is 32.1. The predicted octanol–water partition coefficient (Wildman–Crippen LogP) is 6.20. The lowest BCUT2D eigenvalue weighted by atomic mass is 10.1. The van der Waals surface area contributed by atoms with Gasteiger partial charge in [0.1, 0.15) is 11.2 Å². The van der Waals surface area contributed by atoms with E-state index in [1.165, 1.54) is 41.2 Å². The van der Waals surface area contributed by atoms with E-state index in [1.807, 2.05) is 36.9 Å². The SMILES string of the molecule is Cc1ccc(-c2cncc3[nH]c(-c4n[nH]c5ccc(-c6cncc(CN7CCCC7)c6)nc45)cc23)s1. The van der Waals surface area contributed by atoms with Gasteiger partial charge in [0.25, 0.3) is 0 Å². The zero-order chi connectivity index (χ0) is 24.1. The molecule has 178 valence electrons. The van der Waals surface area contributed by atoms with E-state index < -0.39 is 0 Å². The van der Waals surface area contributed by atoms with Crippen molar-refractivity contribution in [3.63, 3.8) is 0 Å². The van der Waals surface area contributed by atoms with Gasteiger partial charge < -0.3 is 4.98 Å². The van der Waals surface area contributed by atoms with Crippen molar-refractivity contribution >= 4 is 33.3 Å². The average molecular weight is 492 g/mol. The Balaban J connectivity index is 1.28. The molecule has 0 amide bonds. The zero-order valence-electron chi connectivity index (χ0n) is 20.0. The van der Waals surface area contributed by atoms with Crippen molar-refractivity contribution < 1.29 is 0 Å². The van der Waals surface area contributed by atoms with Crippen LogP contribution in [0.1, 0.15) is 23.3 Å². The standard InChI is InChI=1S/C28H25N7S/c1-17-4-7-26(36-17)21-14-30-15-25-20(21)11-24(31-25)28-27-23(33-34-28)6-5-22(32-27)19-10-18(12-29-13-19)16-35-8-2-3-9-35/h4-7,10-15,31H,2-3,8-9,16H2,1H3,(H,33,34). The second-order valence-corrected chi connectivity index (χ2v) is 10.8. The number of fused-ring (bicyclic) bond motifs is 2. The molecule has 6 aromatic heterocycles. The summed E-state index contributed by atoms with van der Waals surface area (Å²) in [7, 11) is 0. The van der Waals surface area contributed by atoms with Gasteiger partial charge in [-0.25, -0.2) is 4.98 Å². The Morgan fingerprint density at radius 2 is 1.83 bits per heavy atom. The van der Waals surface area contributed by atoms with Crippen molar-refractivity contribution in [3.8, 4) is 33.1 Å². The summed E-state index contributed by atoms with van der Waals surface area (Å²) >= 11 is 1.78. The molecule has 1 fully saturated rings. The zero-order valence-corrected chi connectivity index (χ0v) is 20.8. The highest BCUT2D eigenvalue weighted by Crippen LogP contribution is 2.36. The number of likely N-dealkylation sites (tertiary alicyclic amines) is 1. The number of nitrogens with one attached hydrogen (secondary N) is 2. The minimum atomic E-state index is 0.803. The first-order valence-corrected chi connectivity index (χ1v) is 13.1. The van der Waals surface area contributed by atoms with Gasteiger partial charge in [0.2, 0.25) is 0 Å². The summed E-state index contributed by atoms with van der Waals surface area (Å²) in [4.78, 5) is 22.5. The van der Waals surface area contributed by atoms with Crippen molar-refractivity contribution in [1.29, 1.82) is 0 Å². The quantitative estimate of drug-likeness (QED) is 0.300. The molecule has 0 unspecified atom stereocenters. The Kier molecular flexibility index (Phi) is 5.15. The van der Waals surface area contributed by atoms with Gasteiger partial charge in [-0.1, -0.05) is 0 Å². The van der Waals surface area contributed by atoms with Crippen LogP contribution < -0.4 is 0 Å². The molecule has 2 N–H and O–H groups in total. The lowest BCUT2D eigenvalue weighted by Crippen LogP contribution is -2.18. The summed E-state index contributed by atoms with van der Waals surface area (Å²) in [5.74, 6) is 0. The molecule has 8 heteroatoms. The van der Waals surface area contributed by atoms with Gasteiger partial charge in [-0.05, 0) is 74.8 Å². The Morgan fingerprint density at radius 1 is 0.944 bits per heavy atom. The summed E-state index contributed by atoms with van der Waals surface area (Å²) in [6.07, 6.45) is 10.2. The van der Waals surface area contributed by atoms with Crippen LogP contribution in [0.4, 0.5) is 0 Å². The number of aromatic nitrogens is 6. The average Bonchev–Trinajstić information content (AvgIpc) is 3.70. The maximum atomic E-state index is 5.03. The van der Waals surface area contributed by atoms with Crippen LogP contribution in [0.2, 0.25) is 0 Å². The molecule has 0 bridgehead atoms.